The monoisotopic (exact) mass is 321 g/mol. The first-order valence-electron chi connectivity index (χ1n) is 5.43. The van der Waals surface area contributed by atoms with Crippen molar-refractivity contribution in [3.05, 3.63) is 22.7 Å². The fraction of sp³-hybridized carbons (Fsp3) is 0.455. The summed E-state index contributed by atoms with van der Waals surface area (Å²) in [4.78, 5) is 0.216. The van der Waals surface area contributed by atoms with Gasteiger partial charge in [0.2, 0.25) is 10.0 Å². The molecule has 4 nitrogen and oxygen atoms in total. The fourth-order valence-corrected chi connectivity index (χ4v) is 2.66. The maximum atomic E-state index is 11.8. The quantitative estimate of drug-likeness (QED) is 0.876. The summed E-state index contributed by atoms with van der Waals surface area (Å²) < 4.78 is 32.2. The highest BCUT2D eigenvalue weighted by molar-refractivity contribution is 9.10. The maximum absolute atomic E-state index is 11.8. The van der Waals surface area contributed by atoms with Crippen LogP contribution in [-0.4, -0.2) is 21.6 Å². The lowest BCUT2D eigenvalue weighted by atomic mass is 10.3. The molecule has 0 saturated carbocycles. The molecule has 1 aromatic rings. The lowest BCUT2D eigenvalue weighted by Gasteiger charge is -2.10. The van der Waals surface area contributed by atoms with Gasteiger partial charge in [-0.1, -0.05) is 13.8 Å². The number of sulfonamides is 1. The van der Waals surface area contributed by atoms with Crippen LogP contribution in [0, 0.1) is 0 Å². The molecule has 96 valence electrons. The van der Waals surface area contributed by atoms with E-state index in [0.29, 0.717) is 18.9 Å². The molecule has 1 aromatic carbocycles. The number of rotatable bonds is 6. The predicted octanol–water partition coefficient (Wildman–Crippen LogP) is 2.54. The van der Waals surface area contributed by atoms with Crippen LogP contribution in [0.4, 0.5) is 0 Å². The molecule has 0 heterocycles. The van der Waals surface area contributed by atoms with E-state index in [9.17, 15) is 8.42 Å². The Bertz CT molecular complexity index is 474. The van der Waals surface area contributed by atoms with Crippen molar-refractivity contribution in [1.82, 2.24) is 4.72 Å². The number of ether oxygens (including phenoxy) is 1. The molecule has 0 aliphatic carbocycles. The van der Waals surface area contributed by atoms with Gasteiger partial charge in [0.1, 0.15) is 5.75 Å². The van der Waals surface area contributed by atoms with E-state index in [1.54, 1.807) is 19.1 Å². The Morgan fingerprint density at radius 2 is 2.06 bits per heavy atom. The van der Waals surface area contributed by atoms with Gasteiger partial charge in [0, 0.05) is 12.6 Å². The molecular formula is C11H16BrNO3S. The first-order valence-corrected chi connectivity index (χ1v) is 7.71. The molecule has 0 bridgehead atoms. The number of hydrogen-bond acceptors (Lipinski definition) is 3. The number of halogens is 1. The Morgan fingerprint density at radius 1 is 1.35 bits per heavy atom. The van der Waals surface area contributed by atoms with Gasteiger partial charge in [-0.15, -0.1) is 0 Å². The highest BCUT2D eigenvalue weighted by Gasteiger charge is 2.14. The van der Waals surface area contributed by atoms with Gasteiger partial charge < -0.3 is 4.74 Å². The minimum absolute atomic E-state index is 0.216. The van der Waals surface area contributed by atoms with E-state index in [4.69, 9.17) is 4.74 Å². The zero-order valence-corrected chi connectivity index (χ0v) is 12.3. The molecule has 0 radical (unpaired) electrons. The fourth-order valence-electron chi connectivity index (χ4n) is 1.25. The average Bonchev–Trinajstić information content (AvgIpc) is 2.27. The van der Waals surface area contributed by atoms with Gasteiger partial charge in [-0.3, -0.25) is 0 Å². The smallest absolute Gasteiger partial charge is 0.240 e. The van der Waals surface area contributed by atoms with Crippen molar-refractivity contribution in [1.29, 1.82) is 0 Å². The van der Waals surface area contributed by atoms with Crippen LogP contribution in [0.3, 0.4) is 0 Å². The van der Waals surface area contributed by atoms with Crippen molar-refractivity contribution < 1.29 is 13.2 Å². The molecule has 0 aliphatic rings. The SMILES string of the molecule is CCCOc1cc(S(=O)(=O)NCC)ccc1Br. The Kier molecular flexibility index (Phi) is 5.42. The van der Waals surface area contributed by atoms with Crippen LogP contribution in [0.5, 0.6) is 5.75 Å². The van der Waals surface area contributed by atoms with E-state index < -0.39 is 10.0 Å². The zero-order valence-electron chi connectivity index (χ0n) is 9.86. The van der Waals surface area contributed by atoms with Crippen LogP contribution < -0.4 is 9.46 Å². The normalized spacial score (nSPS) is 11.5. The molecular weight excluding hydrogens is 306 g/mol. The highest BCUT2D eigenvalue weighted by atomic mass is 79.9. The molecule has 0 fully saturated rings. The summed E-state index contributed by atoms with van der Waals surface area (Å²) in [5, 5.41) is 0. The number of hydrogen-bond donors (Lipinski definition) is 1. The topological polar surface area (TPSA) is 55.4 Å². The molecule has 0 saturated heterocycles. The third-order valence-corrected chi connectivity index (χ3v) is 4.21. The molecule has 17 heavy (non-hydrogen) atoms. The van der Waals surface area contributed by atoms with Crippen molar-refractivity contribution >= 4 is 26.0 Å². The third-order valence-electron chi connectivity index (χ3n) is 2.01. The van der Waals surface area contributed by atoms with E-state index in [1.807, 2.05) is 6.92 Å². The molecule has 1 rings (SSSR count). The van der Waals surface area contributed by atoms with Gasteiger partial charge in [-0.05, 0) is 34.5 Å². The van der Waals surface area contributed by atoms with Crippen molar-refractivity contribution in [2.45, 2.75) is 25.2 Å². The van der Waals surface area contributed by atoms with Crippen LogP contribution in [0.2, 0.25) is 0 Å². The van der Waals surface area contributed by atoms with Crippen LogP contribution in [-0.2, 0) is 10.0 Å². The van der Waals surface area contributed by atoms with Crippen LogP contribution in [0.1, 0.15) is 20.3 Å². The second-order valence-electron chi connectivity index (χ2n) is 3.44. The van der Waals surface area contributed by atoms with E-state index >= 15 is 0 Å². The molecule has 0 aromatic heterocycles. The average molecular weight is 322 g/mol. The van der Waals surface area contributed by atoms with Gasteiger partial charge >= 0.3 is 0 Å². The Hall–Kier alpha value is -0.590. The van der Waals surface area contributed by atoms with Gasteiger partial charge in [-0.25, -0.2) is 13.1 Å². The lowest BCUT2D eigenvalue weighted by molar-refractivity contribution is 0.314. The highest BCUT2D eigenvalue weighted by Crippen LogP contribution is 2.27. The van der Waals surface area contributed by atoms with E-state index in [0.717, 1.165) is 10.9 Å². The summed E-state index contributed by atoms with van der Waals surface area (Å²) >= 11 is 3.33. The van der Waals surface area contributed by atoms with Crippen LogP contribution in [0.15, 0.2) is 27.6 Å². The first-order chi connectivity index (χ1) is 8.01. The summed E-state index contributed by atoms with van der Waals surface area (Å²) in [7, 11) is -3.43. The second-order valence-corrected chi connectivity index (χ2v) is 6.06. The number of nitrogens with one attached hydrogen (secondary N) is 1. The summed E-state index contributed by atoms with van der Waals surface area (Å²) in [6.45, 7) is 4.66. The Morgan fingerprint density at radius 3 is 2.65 bits per heavy atom. The van der Waals surface area contributed by atoms with Gasteiger partial charge in [0.05, 0.1) is 16.0 Å². The van der Waals surface area contributed by atoms with Crippen molar-refractivity contribution in [3.63, 3.8) is 0 Å². The molecule has 6 heteroatoms. The summed E-state index contributed by atoms with van der Waals surface area (Å²) in [5.41, 5.74) is 0. The molecule has 0 amide bonds. The Balaban J connectivity index is 3.03. The van der Waals surface area contributed by atoms with E-state index in [1.165, 1.54) is 6.07 Å². The molecule has 0 spiro atoms. The summed E-state index contributed by atoms with van der Waals surface area (Å²) in [6, 6.07) is 4.74. The van der Waals surface area contributed by atoms with Crippen LogP contribution in [0.25, 0.3) is 0 Å². The molecule has 0 unspecified atom stereocenters. The minimum Gasteiger partial charge on any atom is -0.492 e. The molecule has 0 atom stereocenters. The third kappa shape index (κ3) is 3.97. The van der Waals surface area contributed by atoms with Crippen molar-refractivity contribution in [2.24, 2.45) is 0 Å². The summed E-state index contributed by atoms with van der Waals surface area (Å²) in [5.74, 6) is 0.547. The number of benzene rings is 1. The van der Waals surface area contributed by atoms with Crippen molar-refractivity contribution in [3.8, 4) is 5.75 Å². The van der Waals surface area contributed by atoms with Gasteiger partial charge in [0.25, 0.3) is 0 Å². The van der Waals surface area contributed by atoms with E-state index in [2.05, 4.69) is 20.7 Å². The van der Waals surface area contributed by atoms with E-state index in [-0.39, 0.29) is 4.90 Å². The summed E-state index contributed by atoms with van der Waals surface area (Å²) in [6.07, 6.45) is 0.872. The molecule has 0 aliphatic heterocycles. The first kappa shape index (κ1) is 14.5. The predicted molar refractivity (Wildman–Crippen MR) is 70.8 cm³/mol. The Labute approximate surface area is 111 Å². The van der Waals surface area contributed by atoms with Gasteiger partial charge in [-0.2, -0.15) is 0 Å². The maximum Gasteiger partial charge on any atom is 0.240 e. The van der Waals surface area contributed by atoms with Crippen molar-refractivity contribution in [2.75, 3.05) is 13.2 Å². The zero-order chi connectivity index (χ0) is 12.9. The van der Waals surface area contributed by atoms with Crippen LogP contribution >= 0.6 is 15.9 Å². The van der Waals surface area contributed by atoms with Gasteiger partial charge in [0.15, 0.2) is 0 Å². The standard InChI is InChI=1S/C11H16BrNO3S/c1-3-7-16-11-8-9(5-6-10(11)12)17(14,15)13-4-2/h5-6,8,13H,3-4,7H2,1-2H3. The molecule has 1 N–H and O–H groups in total. The largest absolute Gasteiger partial charge is 0.492 e. The lowest BCUT2D eigenvalue weighted by Crippen LogP contribution is -2.23. The minimum atomic E-state index is -3.43. The second kappa shape index (κ2) is 6.37.